The number of nitrogens with zero attached hydrogens (tertiary/aromatic N) is 1. The van der Waals surface area contributed by atoms with E-state index in [4.69, 9.17) is 4.42 Å². The lowest BCUT2D eigenvalue weighted by Gasteiger charge is -2.20. The monoisotopic (exact) mass is 205 g/mol. The van der Waals surface area contributed by atoms with Gasteiger partial charge in [-0.1, -0.05) is 0 Å². The lowest BCUT2D eigenvalue weighted by atomic mass is 10.3. The average molecular weight is 205 g/mol. The van der Waals surface area contributed by atoms with Crippen LogP contribution in [-0.2, 0) is 0 Å². The molecule has 3 nitrogen and oxygen atoms in total. The summed E-state index contributed by atoms with van der Waals surface area (Å²) in [4.78, 5) is 14.1. The van der Waals surface area contributed by atoms with E-state index in [9.17, 15) is 4.79 Å². The molecular formula is C12H15NO2. The van der Waals surface area contributed by atoms with Gasteiger partial charge in [0.05, 0.1) is 6.26 Å². The van der Waals surface area contributed by atoms with Crippen molar-refractivity contribution in [3.8, 4) is 0 Å². The molecular weight excluding hydrogens is 190 g/mol. The van der Waals surface area contributed by atoms with Gasteiger partial charge in [0.2, 0.25) is 0 Å². The van der Waals surface area contributed by atoms with Crippen molar-refractivity contribution in [3.05, 3.63) is 24.2 Å². The van der Waals surface area contributed by atoms with Gasteiger partial charge < -0.3 is 9.32 Å². The molecule has 2 aliphatic rings. The van der Waals surface area contributed by atoms with E-state index < -0.39 is 0 Å². The van der Waals surface area contributed by atoms with Crippen molar-refractivity contribution in [1.82, 2.24) is 4.90 Å². The third-order valence-electron chi connectivity index (χ3n) is 3.13. The second kappa shape index (κ2) is 3.40. The third kappa shape index (κ3) is 1.91. The Morgan fingerprint density at radius 2 is 2.20 bits per heavy atom. The smallest absolute Gasteiger partial charge is 0.289 e. The zero-order valence-corrected chi connectivity index (χ0v) is 8.69. The summed E-state index contributed by atoms with van der Waals surface area (Å²) < 4.78 is 5.16. The predicted molar refractivity (Wildman–Crippen MR) is 55.5 cm³/mol. The van der Waals surface area contributed by atoms with E-state index in [1.54, 1.807) is 18.4 Å². The maximum Gasteiger partial charge on any atom is 0.289 e. The zero-order valence-electron chi connectivity index (χ0n) is 8.69. The van der Waals surface area contributed by atoms with Gasteiger partial charge in [0, 0.05) is 12.6 Å². The van der Waals surface area contributed by atoms with Gasteiger partial charge in [0.25, 0.3) is 5.91 Å². The highest BCUT2D eigenvalue weighted by Gasteiger charge is 2.37. The Morgan fingerprint density at radius 1 is 1.40 bits per heavy atom. The van der Waals surface area contributed by atoms with E-state index in [0.29, 0.717) is 11.8 Å². The number of hydrogen-bond acceptors (Lipinski definition) is 2. The standard InChI is InChI=1S/C12H15NO2/c14-12(11-2-1-7-15-11)13(10-5-6-10)8-9-3-4-9/h1-2,7,9-10H,3-6,8H2. The van der Waals surface area contributed by atoms with Crippen LogP contribution in [0.3, 0.4) is 0 Å². The molecule has 1 amide bonds. The van der Waals surface area contributed by atoms with Gasteiger partial charge in [-0.05, 0) is 43.7 Å². The summed E-state index contributed by atoms with van der Waals surface area (Å²) in [5.41, 5.74) is 0. The first-order valence-electron chi connectivity index (χ1n) is 5.69. The minimum absolute atomic E-state index is 0.0781. The van der Waals surface area contributed by atoms with Crippen LogP contribution in [0, 0.1) is 5.92 Å². The Balaban J connectivity index is 1.72. The number of furan rings is 1. The molecule has 0 radical (unpaired) electrons. The Kier molecular flexibility index (Phi) is 2.04. The maximum atomic E-state index is 12.1. The second-order valence-corrected chi connectivity index (χ2v) is 4.61. The summed E-state index contributed by atoms with van der Waals surface area (Å²) in [7, 11) is 0. The molecule has 0 unspecified atom stereocenters. The van der Waals surface area contributed by atoms with Gasteiger partial charge in [0.15, 0.2) is 5.76 Å². The van der Waals surface area contributed by atoms with Crippen LogP contribution >= 0.6 is 0 Å². The molecule has 1 aromatic heterocycles. The van der Waals surface area contributed by atoms with Gasteiger partial charge in [-0.25, -0.2) is 0 Å². The number of carbonyl (C=O) groups excluding carboxylic acids is 1. The molecule has 0 atom stereocenters. The first-order valence-corrected chi connectivity index (χ1v) is 5.69. The minimum atomic E-state index is 0.0781. The van der Waals surface area contributed by atoms with E-state index in [0.717, 1.165) is 12.5 Å². The highest BCUT2D eigenvalue weighted by Crippen LogP contribution is 2.35. The zero-order chi connectivity index (χ0) is 10.3. The molecule has 15 heavy (non-hydrogen) atoms. The molecule has 1 heterocycles. The number of rotatable bonds is 4. The molecule has 2 aliphatic carbocycles. The molecule has 0 aromatic carbocycles. The van der Waals surface area contributed by atoms with Crippen molar-refractivity contribution in [2.24, 2.45) is 5.92 Å². The molecule has 3 heteroatoms. The fourth-order valence-corrected chi connectivity index (χ4v) is 1.90. The van der Waals surface area contributed by atoms with Gasteiger partial charge in [-0.2, -0.15) is 0 Å². The molecule has 0 N–H and O–H groups in total. The molecule has 0 spiro atoms. The number of carbonyl (C=O) groups is 1. The molecule has 2 fully saturated rings. The van der Waals surface area contributed by atoms with E-state index in [1.807, 2.05) is 4.90 Å². The Bertz CT molecular complexity index is 350. The van der Waals surface area contributed by atoms with Gasteiger partial charge >= 0.3 is 0 Å². The Labute approximate surface area is 89.1 Å². The largest absolute Gasteiger partial charge is 0.459 e. The van der Waals surface area contributed by atoms with Crippen LogP contribution in [0.1, 0.15) is 36.2 Å². The molecule has 0 aliphatic heterocycles. The number of hydrogen-bond donors (Lipinski definition) is 0. The highest BCUT2D eigenvalue weighted by molar-refractivity contribution is 5.91. The van der Waals surface area contributed by atoms with Crippen LogP contribution < -0.4 is 0 Å². The molecule has 0 saturated heterocycles. The minimum Gasteiger partial charge on any atom is -0.459 e. The summed E-state index contributed by atoms with van der Waals surface area (Å²) in [5, 5.41) is 0. The van der Waals surface area contributed by atoms with Crippen molar-refractivity contribution >= 4 is 5.91 Å². The average Bonchev–Trinajstić information content (AvgIpc) is 3.14. The van der Waals surface area contributed by atoms with Gasteiger partial charge in [0.1, 0.15) is 0 Å². The summed E-state index contributed by atoms with van der Waals surface area (Å²) in [5.74, 6) is 1.32. The van der Waals surface area contributed by atoms with Crippen LogP contribution in [0.15, 0.2) is 22.8 Å². The summed E-state index contributed by atoms with van der Waals surface area (Å²) in [6, 6.07) is 4.02. The Hall–Kier alpha value is -1.25. The van der Waals surface area contributed by atoms with Crippen molar-refractivity contribution in [3.63, 3.8) is 0 Å². The molecule has 2 saturated carbocycles. The van der Waals surface area contributed by atoms with Crippen LogP contribution in [0.25, 0.3) is 0 Å². The summed E-state index contributed by atoms with van der Waals surface area (Å²) >= 11 is 0. The molecule has 0 bridgehead atoms. The first kappa shape index (κ1) is 9.01. The SMILES string of the molecule is O=C(c1ccco1)N(CC1CC1)C1CC1. The summed E-state index contributed by atoms with van der Waals surface area (Å²) in [6.07, 6.45) is 6.47. The highest BCUT2D eigenvalue weighted by atomic mass is 16.3. The third-order valence-corrected chi connectivity index (χ3v) is 3.13. The second-order valence-electron chi connectivity index (χ2n) is 4.61. The van der Waals surface area contributed by atoms with Crippen molar-refractivity contribution in [2.45, 2.75) is 31.7 Å². The molecule has 80 valence electrons. The van der Waals surface area contributed by atoms with E-state index in [2.05, 4.69) is 0 Å². The first-order chi connectivity index (χ1) is 7.34. The van der Waals surface area contributed by atoms with E-state index in [1.165, 1.54) is 25.7 Å². The van der Waals surface area contributed by atoms with Crippen molar-refractivity contribution < 1.29 is 9.21 Å². The van der Waals surface area contributed by atoms with Crippen LogP contribution in [0.5, 0.6) is 0 Å². The maximum absolute atomic E-state index is 12.1. The Morgan fingerprint density at radius 3 is 2.73 bits per heavy atom. The normalized spacial score (nSPS) is 20.3. The van der Waals surface area contributed by atoms with Crippen LogP contribution in [-0.4, -0.2) is 23.4 Å². The van der Waals surface area contributed by atoms with Gasteiger partial charge in [-0.3, -0.25) is 4.79 Å². The van der Waals surface area contributed by atoms with Crippen LogP contribution in [0.2, 0.25) is 0 Å². The van der Waals surface area contributed by atoms with Gasteiger partial charge in [-0.15, -0.1) is 0 Å². The fraction of sp³-hybridized carbons (Fsp3) is 0.583. The van der Waals surface area contributed by atoms with Crippen LogP contribution in [0.4, 0.5) is 0 Å². The quantitative estimate of drug-likeness (QED) is 0.755. The lowest BCUT2D eigenvalue weighted by Crippen LogP contribution is -2.34. The van der Waals surface area contributed by atoms with Crippen molar-refractivity contribution in [1.29, 1.82) is 0 Å². The predicted octanol–water partition coefficient (Wildman–Crippen LogP) is 2.29. The lowest BCUT2D eigenvalue weighted by molar-refractivity contribution is 0.0702. The molecule has 3 rings (SSSR count). The fourth-order valence-electron chi connectivity index (χ4n) is 1.90. The van der Waals surface area contributed by atoms with Crippen molar-refractivity contribution in [2.75, 3.05) is 6.54 Å². The summed E-state index contributed by atoms with van der Waals surface area (Å²) in [6.45, 7) is 0.935. The number of amides is 1. The van der Waals surface area contributed by atoms with E-state index in [-0.39, 0.29) is 5.91 Å². The van der Waals surface area contributed by atoms with E-state index >= 15 is 0 Å². The topological polar surface area (TPSA) is 33.5 Å². The molecule has 1 aromatic rings.